The van der Waals surface area contributed by atoms with Crippen molar-refractivity contribution in [3.8, 4) is 11.1 Å². The topological polar surface area (TPSA) is 107 Å². The third kappa shape index (κ3) is 3.92. The first-order chi connectivity index (χ1) is 17.6. The predicted molar refractivity (Wildman–Crippen MR) is 142 cm³/mol. The van der Waals surface area contributed by atoms with Crippen LogP contribution in [0.4, 0.5) is 10.7 Å². The average Bonchev–Trinajstić information content (AvgIpc) is 3.28. The fourth-order valence-corrected chi connectivity index (χ4v) is 6.93. The van der Waals surface area contributed by atoms with Crippen LogP contribution >= 0.6 is 57.7 Å². The number of nitrogens with zero attached hydrogens (tertiary/aromatic N) is 2. The van der Waals surface area contributed by atoms with E-state index < -0.39 is 22.7 Å². The molecule has 1 aromatic heterocycles. The van der Waals surface area contributed by atoms with Crippen molar-refractivity contribution in [2.75, 3.05) is 11.5 Å². The highest BCUT2D eigenvalue weighted by atomic mass is 35.5. The Morgan fingerprint density at radius 2 is 1.65 bits per heavy atom. The number of imide groups is 1. The molecule has 13 heteroatoms. The van der Waals surface area contributed by atoms with E-state index in [1.54, 1.807) is 13.0 Å². The molecule has 1 aliphatic carbocycles. The van der Waals surface area contributed by atoms with Crippen LogP contribution in [-0.4, -0.2) is 29.3 Å². The molecule has 0 bridgehead atoms. The fraction of sp³-hybridized carbons (Fsp3) is 0.208. The number of nitro benzene ring substituents is 1. The Morgan fingerprint density at radius 3 is 2.22 bits per heavy atom. The molecule has 2 aromatic carbocycles. The van der Waals surface area contributed by atoms with Gasteiger partial charge in [0.2, 0.25) is 0 Å². The molecule has 0 N–H and O–H groups in total. The van der Waals surface area contributed by atoms with Gasteiger partial charge in [-0.25, -0.2) is 9.69 Å². The minimum Gasteiger partial charge on any atom is -0.462 e. The van der Waals surface area contributed by atoms with E-state index in [9.17, 15) is 24.5 Å². The number of carbonyl (C=O) groups excluding carboxylic acids is 3. The molecule has 2 aliphatic rings. The van der Waals surface area contributed by atoms with Crippen molar-refractivity contribution in [2.45, 2.75) is 26.2 Å². The van der Waals surface area contributed by atoms with Crippen LogP contribution < -0.4 is 4.90 Å². The van der Waals surface area contributed by atoms with Crippen LogP contribution in [0.1, 0.15) is 54.9 Å². The van der Waals surface area contributed by atoms with Crippen molar-refractivity contribution < 1.29 is 24.0 Å². The van der Waals surface area contributed by atoms with Crippen LogP contribution in [0.25, 0.3) is 11.1 Å². The van der Waals surface area contributed by atoms with Crippen LogP contribution in [0, 0.1) is 10.1 Å². The number of fused-ring (bicyclic) bond motifs is 4. The van der Waals surface area contributed by atoms with Gasteiger partial charge in [0, 0.05) is 22.6 Å². The highest BCUT2D eigenvalue weighted by Gasteiger charge is 2.45. The van der Waals surface area contributed by atoms with E-state index in [-0.39, 0.29) is 54.1 Å². The Labute approximate surface area is 233 Å². The van der Waals surface area contributed by atoms with Gasteiger partial charge in [-0.2, -0.15) is 0 Å². The second-order valence-corrected chi connectivity index (χ2v) is 10.8. The Kier molecular flexibility index (Phi) is 6.70. The molecule has 0 radical (unpaired) electrons. The molecular weight excluding hydrogens is 586 g/mol. The van der Waals surface area contributed by atoms with E-state index in [1.165, 1.54) is 12.1 Å². The van der Waals surface area contributed by atoms with Gasteiger partial charge in [-0.15, -0.1) is 11.3 Å². The van der Waals surface area contributed by atoms with Gasteiger partial charge < -0.3 is 4.74 Å². The van der Waals surface area contributed by atoms with Crippen molar-refractivity contribution in [1.82, 2.24) is 0 Å². The van der Waals surface area contributed by atoms with Crippen LogP contribution in [0.15, 0.2) is 18.2 Å². The van der Waals surface area contributed by atoms with E-state index in [2.05, 4.69) is 0 Å². The molecule has 190 valence electrons. The first-order valence-corrected chi connectivity index (χ1v) is 13.3. The molecule has 0 spiro atoms. The quantitative estimate of drug-likeness (QED) is 0.0772. The van der Waals surface area contributed by atoms with E-state index in [4.69, 9.17) is 51.1 Å². The van der Waals surface area contributed by atoms with Crippen molar-refractivity contribution in [2.24, 2.45) is 0 Å². The molecule has 37 heavy (non-hydrogen) atoms. The number of hydrogen-bond donors (Lipinski definition) is 0. The molecular formula is C24H14Cl4N2O6S. The number of thiophene rings is 1. The van der Waals surface area contributed by atoms with Crippen molar-refractivity contribution in [3.63, 3.8) is 0 Å². The number of esters is 1. The largest absolute Gasteiger partial charge is 0.462 e. The Hall–Kier alpha value is -2.69. The van der Waals surface area contributed by atoms with Crippen LogP contribution in [0.2, 0.25) is 20.1 Å². The number of rotatable bonds is 4. The predicted octanol–water partition coefficient (Wildman–Crippen LogP) is 7.40. The summed E-state index contributed by atoms with van der Waals surface area (Å²) in [6.07, 6.45) is 1.82. The number of aryl methyl sites for hydroxylation is 2. The van der Waals surface area contributed by atoms with Gasteiger partial charge in [0.25, 0.3) is 17.5 Å². The molecule has 0 saturated carbocycles. The van der Waals surface area contributed by atoms with Crippen LogP contribution in [0.3, 0.4) is 0 Å². The molecule has 0 saturated heterocycles. The number of carbonyl (C=O) groups is 3. The standard InChI is InChI=1S/C24H14Cl4N2O6S/c1-2-36-24(33)16-13-11-8-10(30(34)35)7-6-9(11)4-3-5-12(13)37-23(16)29-21(31)14-15(22(29)32)18(26)20(28)19(27)17(14)25/h6-8H,2-5H2,1H3. The molecule has 1 aliphatic heterocycles. The monoisotopic (exact) mass is 598 g/mol. The average molecular weight is 600 g/mol. The number of non-ortho nitro benzene ring substituents is 1. The fourth-order valence-electron chi connectivity index (χ4n) is 4.58. The maximum Gasteiger partial charge on any atom is 0.341 e. The number of benzene rings is 2. The maximum absolute atomic E-state index is 13.6. The normalized spacial score (nSPS) is 14.2. The van der Waals surface area contributed by atoms with Crippen molar-refractivity contribution in [3.05, 3.63) is 75.5 Å². The summed E-state index contributed by atoms with van der Waals surface area (Å²) in [5.41, 5.74) is 1.04. The lowest BCUT2D eigenvalue weighted by Gasteiger charge is -2.15. The Bertz CT molecular complexity index is 1520. The highest BCUT2D eigenvalue weighted by Crippen LogP contribution is 2.51. The van der Waals surface area contributed by atoms with Gasteiger partial charge >= 0.3 is 5.97 Å². The van der Waals surface area contributed by atoms with Crippen LogP contribution in [0.5, 0.6) is 0 Å². The molecule has 0 unspecified atom stereocenters. The summed E-state index contributed by atoms with van der Waals surface area (Å²) in [7, 11) is 0. The summed E-state index contributed by atoms with van der Waals surface area (Å²) in [4.78, 5) is 53.0. The van der Waals surface area contributed by atoms with Gasteiger partial charge in [0.05, 0.1) is 42.7 Å². The molecule has 2 amide bonds. The van der Waals surface area contributed by atoms with Crippen molar-refractivity contribution in [1.29, 1.82) is 0 Å². The Balaban J connectivity index is 1.79. The first kappa shape index (κ1) is 25.9. The molecule has 5 rings (SSSR count). The lowest BCUT2D eigenvalue weighted by Crippen LogP contribution is -2.30. The lowest BCUT2D eigenvalue weighted by atomic mass is 9.96. The number of amides is 2. The van der Waals surface area contributed by atoms with Gasteiger partial charge in [-0.05, 0) is 37.3 Å². The molecule has 2 heterocycles. The SMILES string of the molecule is CCOC(=O)c1c(N2C(=O)c3c(Cl)c(Cl)c(Cl)c(Cl)c3C2=O)sc2c1-c1cc([N+](=O)[O-])ccc1CCC2. The second kappa shape index (κ2) is 9.56. The highest BCUT2D eigenvalue weighted by molar-refractivity contribution is 7.17. The first-order valence-electron chi connectivity index (χ1n) is 10.9. The summed E-state index contributed by atoms with van der Waals surface area (Å²) >= 11 is 25.9. The smallest absolute Gasteiger partial charge is 0.341 e. The number of nitro groups is 1. The Morgan fingerprint density at radius 1 is 1.03 bits per heavy atom. The molecule has 0 atom stereocenters. The van der Waals surface area contributed by atoms with Gasteiger partial charge in [0.1, 0.15) is 10.6 Å². The summed E-state index contributed by atoms with van der Waals surface area (Å²) in [6.45, 7) is 1.64. The van der Waals surface area contributed by atoms with Gasteiger partial charge in [-0.1, -0.05) is 52.5 Å². The summed E-state index contributed by atoms with van der Waals surface area (Å²) in [5.74, 6) is -2.43. The number of halogens is 4. The molecule has 0 fully saturated rings. The summed E-state index contributed by atoms with van der Waals surface area (Å²) < 4.78 is 5.31. The summed E-state index contributed by atoms with van der Waals surface area (Å²) in [5, 5.41) is 10.7. The van der Waals surface area contributed by atoms with Crippen molar-refractivity contribution >= 4 is 86.2 Å². The zero-order valence-electron chi connectivity index (χ0n) is 18.8. The third-order valence-electron chi connectivity index (χ3n) is 6.17. The zero-order chi connectivity index (χ0) is 26.8. The maximum atomic E-state index is 13.6. The van der Waals surface area contributed by atoms with Crippen LogP contribution in [-0.2, 0) is 17.6 Å². The minimum absolute atomic E-state index is 0.00776. The number of anilines is 1. The third-order valence-corrected chi connectivity index (χ3v) is 9.21. The van der Waals surface area contributed by atoms with Gasteiger partial charge in [0.15, 0.2) is 0 Å². The van der Waals surface area contributed by atoms with E-state index >= 15 is 0 Å². The minimum atomic E-state index is -0.827. The number of hydrogen-bond acceptors (Lipinski definition) is 7. The van der Waals surface area contributed by atoms with E-state index in [0.29, 0.717) is 35.3 Å². The molecule has 3 aromatic rings. The van der Waals surface area contributed by atoms with Gasteiger partial charge in [-0.3, -0.25) is 19.7 Å². The molecule has 8 nitrogen and oxygen atoms in total. The lowest BCUT2D eigenvalue weighted by molar-refractivity contribution is -0.384. The second-order valence-electron chi connectivity index (χ2n) is 8.20. The zero-order valence-corrected chi connectivity index (χ0v) is 22.7. The van der Waals surface area contributed by atoms with E-state index in [1.807, 2.05) is 0 Å². The van der Waals surface area contributed by atoms with E-state index in [0.717, 1.165) is 21.8 Å². The summed E-state index contributed by atoms with van der Waals surface area (Å²) in [6, 6.07) is 4.46. The number of ether oxygens (including phenoxy) is 1.